The molecule has 1 aromatic heterocycles. The van der Waals surface area contributed by atoms with Crippen LogP contribution in [0.25, 0.3) is 11.1 Å². The molecule has 1 saturated heterocycles. The number of carbonyl (C=O) groups excluding carboxylic acids is 3. The second kappa shape index (κ2) is 14.2. The van der Waals surface area contributed by atoms with E-state index in [2.05, 4.69) is 20.8 Å². The monoisotopic (exact) mass is 655 g/mol. The van der Waals surface area contributed by atoms with Gasteiger partial charge in [-0.05, 0) is 66.9 Å². The molecule has 3 aliphatic heterocycles. The number of likely N-dealkylation sites (tertiary alicyclic amines) is 1. The van der Waals surface area contributed by atoms with Crippen molar-refractivity contribution < 1.29 is 33.0 Å². The molecule has 7 rings (SSSR count). The Labute approximate surface area is 277 Å². The summed E-state index contributed by atoms with van der Waals surface area (Å²) in [6.07, 6.45) is 0.632. The van der Waals surface area contributed by atoms with E-state index in [1.807, 2.05) is 19.9 Å². The number of benzene rings is 3. The number of fused-ring (bicyclic) bond motifs is 7. The molecule has 3 N–H and O–H groups in total. The smallest absolute Gasteiger partial charge is 0.258 e. The van der Waals surface area contributed by atoms with Crippen LogP contribution < -0.4 is 24.8 Å². The van der Waals surface area contributed by atoms with Crippen molar-refractivity contribution in [2.75, 3.05) is 26.8 Å². The van der Waals surface area contributed by atoms with Crippen molar-refractivity contribution in [3.63, 3.8) is 0 Å². The van der Waals surface area contributed by atoms with Crippen molar-refractivity contribution in [3.05, 3.63) is 94.6 Å². The summed E-state index contributed by atoms with van der Waals surface area (Å²) in [5, 5.41) is 13.1. The number of amides is 3. The minimum absolute atomic E-state index is 0.0717. The fourth-order valence-corrected chi connectivity index (χ4v) is 6.00. The van der Waals surface area contributed by atoms with Crippen LogP contribution in [0, 0.1) is 19.7 Å². The Morgan fingerprint density at radius 2 is 1.90 bits per heavy atom. The topological polar surface area (TPSA) is 135 Å². The molecule has 250 valence electrons. The standard InChI is InChI=1S/C36H38FN5O6/c1-21-22(2)40-41-30(21)11-12-35(44)42-14-13-32-31(19-42)39-36(45)28-16-24(8-10-29(28)37)23-5-4-6-26(15-23)47-20-34(43)38-18-25-7-9-27(48-32)17-33(25)46-3/h4-10,15-17,31-32H,11-14,18-20H2,1-3H3,(H,38,43)(H,39,45)(H,40,41)/t31-,32+/m1/s1. The molecule has 6 bridgehead atoms. The molecular formula is C36H38FN5O6. The van der Waals surface area contributed by atoms with Crippen molar-refractivity contribution in [3.8, 4) is 28.4 Å². The van der Waals surface area contributed by atoms with Gasteiger partial charge in [0.15, 0.2) is 6.61 Å². The molecule has 3 aromatic carbocycles. The van der Waals surface area contributed by atoms with Gasteiger partial charge in [0.05, 0.1) is 24.4 Å². The highest BCUT2D eigenvalue weighted by molar-refractivity contribution is 5.96. The van der Waals surface area contributed by atoms with Gasteiger partial charge >= 0.3 is 0 Å². The first-order valence-corrected chi connectivity index (χ1v) is 15.9. The first-order valence-electron chi connectivity index (χ1n) is 15.9. The Morgan fingerprint density at radius 1 is 1.06 bits per heavy atom. The van der Waals surface area contributed by atoms with Gasteiger partial charge in [-0.25, -0.2) is 4.39 Å². The van der Waals surface area contributed by atoms with Crippen LogP contribution in [0.4, 0.5) is 4.39 Å². The summed E-state index contributed by atoms with van der Waals surface area (Å²) in [7, 11) is 1.53. The van der Waals surface area contributed by atoms with E-state index in [0.29, 0.717) is 47.8 Å². The van der Waals surface area contributed by atoms with Crippen molar-refractivity contribution in [2.24, 2.45) is 0 Å². The number of aromatic nitrogens is 2. The lowest BCUT2D eigenvalue weighted by Crippen LogP contribution is -2.58. The highest BCUT2D eigenvalue weighted by Crippen LogP contribution is 2.29. The van der Waals surface area contributed by atoms with E-state index in [1.54, 1.807) is 47.4 Å². The number of hydrogen-bond donors (Lipinski definition) is 3. The summed E-state index contributed by atoms with van der Waals surface area (Å²) in [6.45, 7) is 4.50. The Bertz CT molecular complexity index is 1840. The molecule has 1 fully saturated rings. The third-order valence-electron chi connectivity index (χ3n) is 8.92. The van der Waals surface area contributed by atoms with Crippen LogP contribution >= 0.6 is 0 Å². The van der Waals surface area contributed by atoms with Crippen molar-refractivity contribution in [2.45, 2.75) is 51.8 Å². The number of methoxy groups -OCH3 is 1. The summed E-state index contributed by atoms with van der Waals surface area (Å²) >= 11 is 0. The maximum atomic E-state index is 15.2. The first-order chi connectivity index (χ1) is 23.2. The minimum Gasteiger partial charge on any atom is -0.496 e. The van der Waals surface area contributed by atoms with E-state index >= 15 is 4.39 Å². The zero-order valence-electron chi connectivity index (χ0n) is 27.1. The molecule has 2 atom stereocenters. The van der Waals surface area contributed by atoms with Crippen molar-refractivity contribution in [1.82, 2.24) is 25.7 Å². The van der Waals surface area contributed by atoms with Crippen molar-refractivity contribution >= 4 is 17.7 Å². The number of piperidine rings is 1. The van der Waals surface area contributed by atoms with Gasteiger partial charge in [-0.15, -0.1) is 0 Å². The van der Waals surface area contributed by atoms with E-state index in [4.69, 9.17) is 14.2 Å². The molecule has 0 radical (unpaired) electrons. The van der Waals surface area contributed by atoms with Gasteiger partial charge in [-0.3, -0.25) is 19.5 Å². The number of rotatable bonds is 4. The van der Waals surface area contributed by atoms with Gasteiger partial charge in [0.2, 0.25) is 5.91 Å². The predicted octanol–water partition coefficient (Wildman–Crippen LogP) is 4.26. The molecule has 11 nitrogen and oxygen atoms in total. The number of ether oxygens (including phenoxy) is 3. The van der Waals surface area contributed by atoms with Crippen LogP contribution in [0.15, 0.2) is 60.7 Å². The van der Waals surface area contributed by atoms with Gasteiger partial charge in [0.25, 0.3) is 11.8 Å². The third kappa shape index (κ3) is 7.27. The number of nitrogens with one attached hydrogen (secondary N) is 3. The summed E-state index contributed by atoms with van der Waals surface area (Å²) in [5.41, 5.74) is 4.70. The number of halogens is 1. The number of nitrogens with zero attached hydrogens (tertiary/aromatic N) is 2. The molecule has 3 amide bonds. The maximum absolute atomic E-state index is 15.2. The van der Waals surface area contributed by atoms with Crippen LogP contribution in [0.3, 0.4) is 0 Å². The van der Waals surface area contributed by atoms with E-state index < -0.39 is 23.9 Å². The van der Waals surface area contributed by atoms with Gasteiger partial charge in [0.1, 0.15) is 29.2 Å². The maximum Gasteiger partial charge on any atom is 0.258 e. The molecular weight excluding hydrogens is 617 g/mol. The SMILES string of the molecule is COc1cc2ccc1CNC(=O)COc1cccc(c1)-c1ccc(F)c(c1)C(=O)N[C@@H]1CN(C(=O)CCc3n[nH]c(C)c3C)CC[C@@H]1O2. The number of H-pyrrole nitrogens is 1. The van der Waals surface area contributed by atoms with E-state index in [0.717, 1.165) is 22.5 Å². The minimum atomic E-state index is -0.686. The Balaban J connectivity index is 1.30. The van der Waals surface area contributed by atoms with E-state index in [9.17, 15) is 14.4 Å². The Kier molecular flexibility index (Phi) is 9.60. The van der Waals surface area contributed by atoms with Crippen LogP contribution in [-0.2, 0) is 22.6 Å². The van der Waals surface area contributed by atoms with Crippen LogP contribution in [-0.4, -0.2) is 71.8 Å². The van der Waals surface area contributed by atoms with Gasteiger partial charge in [-0.2, -0.15) is 5.10 Å². The second-order valence-electron chi connectivity index (χ2n) is 12.0. The molecule has 4 aromatic rings. The highest BCUT2D eigenvalue weighted by Gasteiger charge is 2.35. The normalized spacial score (nSPS) is 18.1. The average molecular weight is 656 g/mol. The lowest BCUT2D eigenvalue weighted by Gasteiger charge is -2.39. The van der Waals surface area contributed by atoms with Gasteiger partial charge < -0.3 is 29.7 Å². The summed E-state index contributed by atoms with van der Waals surface area (Å²) in [5.74, 6) is -0.274. The Hall–Kier alpha value is -5.39. The largest absolute Gasteiger partial charge is 0.496 e. The summed E-state index contributed by atoms with van der Waals surface area (Å²) in [6, 6.07) is 15.9. The summed E-state index contributed by atoms with van der Waals surface area (Å²) < 4.78 is 32.9. The highest BCUT2D eigenvalue weighted by atomic mass is 19.1. The third-order valence-corrected chi connectivity index (χ3v) is 8.92. The molecule has 3 aliphatic rings. The zero-order chi connectivity index (χ0) is 33.8. The van der Waals surface area contributed by atoms with E-state index in [-0.39, 0.29) is 43.5 Å². The molecule has 12 heteroatoms. The molecule has 0 saturated carbocycles. The second-order valence-corrected chi connectivity index (χ2v) is 12.0. The summed E-state index contributed by atoms with van der Waals surface area (Å²) in [4.78, 5) is 41.5. The molecule has 4 heterocycles. The zero-order valence-corrected chi connectivity index (χ0v) is 27.1. The fourth-order valence-electron chi connectivity index (χ4n) is 6.00. The quantitative estimate of drug-likeness (QED) is 0.299. The van der Waals surface area contributed by atoms with Crippen LogP contribution in [0.1, 0.15) is 45.7 Å². The van der Waals surface area contributed by atoms with Crippen molar-refractivity contribution in [1.29, 1.82) is 0 Å². The number of carbonyl (C=O) groups is 3. The first kappa shape index (κ1) is 32.5. The Morgan fingerprint density at radius 3 is 2.69 bits per heavy atom. The fraction of sp³-hybridized carbons (Fsp3) is 0.333. The lowest BCUT2D eigenvalue weighted by molar-refractivity contribution is -0.133. The van der Waals surface area contributed by atoms with Crippen LogP contribution in [0.5, 0.6) is 17.2 Å². The van der Waals surface area contributed by atoms with E-state index in [1.165, 1.54) is 19.2 Å². The van der Waals surface area contributed by atoms with Gasteiger partial charge in [0, 0.05) is 56.2 Å². The van der Waals surface area contributed by atoms with Crippen LogP contribution in [0.2, 0.25) is 0 Å². The number of aromatic amines is 1. The molecule has 0 unspecified atom stereocenters. The average Bonchev–Trinajstić information content (AvgIpc) is 3.42. The molecule has 0 spiro atoms. The lowest BCUT2D eigenvalue weighted by atomic mass is 9.99. The van der Waals surface area contributed by atoms with Gasteiger partial charge in [-0.1, -0.05) is 18.2 Å². The number of aryl methyl sites for hydroxylation is 2. The molecule has 0 aliphatic carbocycles. The number of hydrogen-bond acceptors (Lipinski definition) is 7. The predicted molar refractivity (Wildman–Crippen MR) is 175 cm³/mol. The molecule has 48 heavy (non-hydrogen) atoms.